The van der Waals surface area contributed by atoms with Crippen LogP contribution in [0.1, 0.15) is 43.1 Å². The lowest BCUT2D eigenvalue weighted by atomic mass is 10.1. The minimum absolute atomic E-state index is 0.0251. The summed E-state index contributed by atoms with van der Waals surface area (Å²) in [4.78, 5) is 28.5. The summed E-state index contributed by atoms with van der Waals surface area (Å²) >= 11 is 0. The summed E-state index contributed by atoms with van der Waals surface area (Å²) in [6, 6.07) is 5.55. The number of rotatable bonds is 5. The molecule has 0 atom stereocenters. The van der Waals surface area contributed by atoms with Crippen LogP contribution in [0.2, 0.25) is 0 Å². The van der Waals surface area contributed by atoms with Gasteiger partial charge in [0.15, 0.2) is 0 Å². The fourth-order valence-electron chi connectivity index (χ4n) is 2.92. The molecule has 1 heterocycles. The van der Waals surface area contributed by atoms with Crippen LogP contribution in [0.4, 0.5) is 0 Å². The van der Waals surface area contributed by atoms with Gasteiger partial charge in [-0.25, -0.2) is 0 Å². The van der Waals surface area contributed by atoms with Crippen LogP contribution in [-0.2, 0) is 4.79 Å². The molecule has 0 radical (unpaired) electrons. The van der Waals surface area contributed by atoms with Crippen molar-refractivity contribution in [3.05, 3.63) is 29.3 Å². The lowest BCUT2D eigenvalue weighted by molar-refractivity contribution is -0.133. The Morgan fingerprint density at radius 3 is 2.29 bits per heavy atom. The molecular weight excluding hydrogens is 304 g/mol. The number of ether oxygens (including phenoxy) is 1. The first-order chi connectivity index (χ1) is 11.4. The molecule has 1 fully saturated rings. The van der Waals surface area contributed by atoms with Crippen LogP contribution in [0.5, 0.6) is 5.75 Å². The topological polar surface area (TPSA) is 49.9 Å². The van der Waals surface area contributed by atoms with E-state index in [4.69, 9.17) is 4.74 Å². The summed E-state index contributed by atoms with van der Waals surface area (Å²) in [5.74, 6) is 1.40. The third-order valence-electron chi connectivity index (χ3n) is 4.22. The highest BCUT2D eigenvalue weighted by Crippen LogP contribution is 2.20. The monoisotopic (exact) mass is 332 g/mol. The van der Waals surface area contributed by atoms with Crippen LogP contribution in [0.15, 0.2) is 18.2 Å². The Kier molecular flexibility index (Phi) is 6.23. The number of benzene rings is 1. The van der Waals surface area contributed by atoms with E-state index in [9.17, 15) is 9.59 Å². The zero-order valence-electron chi connectivity index (χ0n) is 15.2. The largest absolute Gasteiger partial charge is 0.494 e. The SMILES string of the molecule is CCOc1ccc(C(=O)N2CCN(C(=O)CC(C)C)CC2)cc1C. The average Bonchev–Trinajstić information content (AvgIpc) is 2.55. The molecule has 0 aromatic heterocycles. The maximum atomic E-state index is 12.7. The summed E-state index contributed by atoms with van der Waals surface area (Å²) in [5, 5.41) is 0. The number of carbonyl (C=O) groups is 2. The van der Waals surface area contributed by atoms with E-state index in [0.717, 1.165) is 11.3 Å². The van der Waals surface area contributed by atoms with Crippen molar-refractivity contribution in [2.75, 3.05) is 32.8 Å². The highest BCUT2D eigenvalue weighted by Gasteiger charge is 2.25. The highest BCUT2D eigenvalue weighted by atomic mass is 16.5. The Hall–Kier alpha value is -2.04. The van der Waals surface area contributed by atoms with E-state index >= 15 is 0 Å². The third-order valence-corrected chi connectivity index (χ3v) is 4.22. The molecule has 1 aromatic rings. The Balaban J connectivity index is 1.95. The zero-order chi connectivity index (χ0) is 17.7. The van der Waals surface area contributed by atoms with Gasteiger partial charge < -0.3 is 14.5 Å². The predicted molar refractivity (Wildman–Crippen MR) is 94.3 cm³/mol. The lowest BCUT2D eigenvalue weighted by Crippen LogP contribution is -2.50. The molecule has 0 aliphatic carbocycles. The minimum atomic E-state index is 0.0251. The maximum absolute atomic E-state index is 12.7. The Morgan fingerprint density at radius 1 is 1.12 bits per heavy atom. The van der Waals surface area contributed by atoms with Crippen LogP contribution in [0.3, 0.4) is 0 Å². The molecule has 1 aromatic carbocycles. The minimum Gasteiger partial charge on any atom is -0.494 e. The van der Waals surface area contributed by atoms with E-state index in [1.165, 1.54) is 0 Å². The summed E-state index contributed by atoms with van der Waals surface area (Å²) in [5.41, 5.74) is 1.64. The van der Waals surface area contributed by atoms with Crippen molar-refractivity contribution in [2.45, 2.75) is 34.1 Å². The van der Waals surface area contributed by atoms with Gasteiger partial charge in [-0.2, -0.15) is 0 Å². The molecule has 132 valence electrons. The molecule has 1 aliphatic rings. The second-order valence-electron chi connectivity index (χ2n) is 6.68. The van der Waals surface area contributed by atoms with E-state index in [-0.39, 0.29) is 11.8 Å². The van der Waals surface area contributed by atoms with Crippen LogP contribution >= 0.6 is 0 Å². The van der Waals surface area contributed by atoms with Crippen molar-refractivity contribution < 1.29 is 14.3 Å². The standard InChI is InChI=1S/C19H28N2O3/c1-5-24-17-7-6-16(13-15(17)4)19(23)21-10-8-20(9-11-21)18(22)12-14(2)3/h6-7,13-14H,5,8-12H2,1-4H3. The zero-order valence-corrected chi connectivity index (χ0v) is 15.2. The molecular formula is C19H28N2O3. The van der Waals surface area contributed by atoms with Crippen LogP contribution in [0, 0.1) is 12.8 Å². The third kappa shape index (κ3) is 4.49. The maximum Gasteiger partial charge on any atom is 0.253 e. The normalized spacial score (nSPS) is 14.9. The summed E-state index contributed by atoms with van der Waals surface area (Å²) < 4.78 is 5.52. The Bertz CT molecular complexity index is 590. The lowest BCUT2D eigenvalue weighted by Gasteiger charge is -2.35. The molecule has 24 heavy (non-hydrogen) atoms. The van der Waals surface area contributed by atoms with Crippen LogP contribution < -0.4 is 4.74 Å². The van der Waals surface area contributed by atoms with E-state index in [1.54, 1.807) is 0 Å². The number of amides is 2. The number of aryl methyl sites for hydroxylation is 1. The molecule has 2 rings (SSSR count). The highest BCUT2D eigenvalue weighted by molar-refractivity contribution is 5.94. The van der Waals surface area contributed by atoms with Gasteiger partial charge in [-0.1, -0.05) is 13.8 Å². The van der Waals surface area contributed by atoms with Crippen LogP contribution in [0.25, 0.3) is 0 Å². The van der Waals surface area contributed by atoms with Gasteiger partial charge in [0.1, 0.15) is 5.75 Å². The summed E-state index contributed by atoms with van der Waals surface area (Å²) in [6.07, 6.45) is 0.575. The molecule has 2 amide bonds. The van der Waals surface area contributed by atoms with Crippen molar-refractivity contribution in [2.24, 2.45) is 5.92 Å². The molecule has 0 saturated carbocycles. The summed E-state index contributed by atoms with van der Waals surface area (Å²) in [6.45, 7) is 11.0. The molecule has 0 unspecified atom stereocenters. The van der Waals surface area contributed by atoms with Gasteiger partial charge in [0, 0.05) is 38.2 Å². The molecule has 5 heteroatoms. The van der Waals surface area contributed by atoms with Gasteiger partial charge in [0.2, 0.25) is 5.91 Å². The van der Waals surface area contributed by atoms with Crippen molar-refractivity contribution in [3.8, 4) is 5.75 Å². The van der Waals surface area contributed by atoms with E-state index in [0.29, 0.717) is 50.7 Å². The second-order valence-corrected chi connectivity index (χ2v) is 6.68. The fraction of sp³-hybridized carbons (Fsp3) is 0.579. The molecule has 0 N–H and O–H groups in total. The van der Waals surface area contributed by atoms with Gasteiger partial charge >= 0.3 is 0 Å². The molecule has 1 saturated heterocycles. The molecule has 0 bridgehead atoms. The van der Waals surface area contributed by atoms with Gasteiger partial charge in [-0.05, 0) is 43.5 Å². The first-order valence-corrected chi connectivity index (χ1v) is 8.72. The van der Waals surface area contributed by atoms with E-state index in [1.807, 2.05) is 55.7 Å². The number of nitrogens with zero attached hydrogens (tertiary/aromatic N) is 2. The average molecular weight is 332 g/mol. The van der Waals surface area contributed by atoms with Crippen molar-refractivity contribution >= 4 is 11.8 Å². The number of carbonyl (C=O) groups excluding carboxylic acids is 2. The number of piperazine rings is 1. The molecule has 0 spiro atoms. The fourth-order valence-corrected chi connectivity index (χ4v) is 2.92. The van der Waals surface area contributed by atoms with Gasteiger partial charge in [0.05, 0.1) is 6.61 Å². The number of hydrogen-bond donors (Lipinski definition) is 0. The first-order valence-electron chi connectivity index (χ1n) is 8.72. The smallest absolute Gasteiger partial charge is 0.253 e. The first kappa shape index (κ1) is 18.3. The predicted octanol–water partition coefficient (Wildman–Crippen LogP) is 2.72. The van der Waals surface area contributed by atoms with Crippen molar-refractivity contribution in [3.63, 3.8) is 0 Å². The Labute approximate surface area is 144 Å². The molecule has 5 nitrogen and oxygen atoms in total. The quantitative estimate of drug-likeness (QED) is 0.833. The number of hydrogen-bond acceptors (Lipinski definition) is 3. The molecule has 1 aliphatic heterocycles. The van der Waals surface area contributed by atoms with Gasteiger partial charge in [0.25, 0.3) is 5.91 Å². The second kappa shape index (κ2) is 8.18. The van der Waals surface area contributed by atoms with E-state index in [2.05, 4.69) is 0 Å². The van der Waals surface area contributed by atoms with E-state index < -0.39 is 0 Å². The van der Waals surface area contributed by atoms with Gasteiger partial charge in [-0.3, -0.25) is 9.59 Å². The van der Waals surface area contributed by atoms with Gasteiger partial charge in [-0.15, -0.1) is 0 Å². The van der Waals surface area contributed by atoms with Crippen molar-refractivity contribution in [1.82, 2.24) is 9.80 Å². The van der Waals surface area contributed by atoms with Crippen LogP contribution in [-0.4, -0.2) is 54.4 Å². The summed E-state index contributed by atoms with van der Waals surface area (Å²) in [7, 11) is 0. The Morgan fingerprint density at radius 2 is 1.75 bits per heavy atom. The van der Waals surface area contributed by atoms with Crippen molar-refractivity contribution in [1.29, 1.82) is 0 Å².